The van der Waals surface area contributed by atoms with E-state index in [1.165, 1.54) is 26.9 Å². The monoisotopic (exact) mass is 294 g/mol. The van der Waals surface area contributed by atoms with Crippen molar-refractivity contribution < 1.29 is 0 Å². The Morgan fingerprint density at radius 3 is 2.90 bits per heavy atom. The number of hydrogen-bond acceptors (Lipinski definition) is 2. The zero-order chi connectivity index (χ0) is 14.1. The van der Waals surface area contributed by atoms with Crippen molar-refractivity contribution in [1.82, 2.24) is 9.88 Å². The van der Waals surface area contributed by atoms with Gasteiger partial charge in [0.1, 0.15) is 0 Å². The molecule has 0 saturated heterocycles. The third kappa shape index (κ3) is 2.43. The fourth-order valence-electron chi connectivity index (χ4n) is 3.07. The smallest absolute Gasteiger partial charge is 0.0569 e. The van der Waals surface area contributed by atoms with Crippen LogP contribution >= 0.6 is 11.3 Å². The Bertz CT molecular complexity index is 781. The van der Waals surface area contributed by atoms with E-state index < -0.39 is 0 Å². The predicted molar refractivity (Wildman–Crippen MR) is 90.8 cm³/mol. The van der Waals surface area contributed by atoms with Crippen LogP contribution in [0.15, 0.2) is 54.1 Å². The van der Waals surface area contributed by atoms with Crippen molar-refractivity contribution in [3.8, 4) is 0 Å². The lowest BCUT2D eigenvalue weighted by atomic mass is 10.00. The highest BCUT2D eigenvalue weighted by atomic mass is 32.1. The maximum absolute atomic E-state index is 3.39. The van der Waals surface area contributed by atoms with Crippen LogP contribution in [0.2, 0.25) is 0 Å². The van der Waals surface area contributed by atoms with E-state index in [0.717, 1.165) is 26.1 Å². The highest BCUT2D eigenvalue weighted by Gasteiger charge is 2.13. The second-order valence-electron chi connectivity index (χ2n) is 5.45. The average Bonchev–Trinajstić information content (AvgIpc) is 3.17. The van der Waals surface area contributed by atoms with Crippen LogP contribution < -0.4 is 5.32 Å². The summed E-state index contributed by atoms with van der Waals surface area (Å²) in [6.45, 7) is 3.03. The summed E-state index contributed by atoms with van der Waals surface area (Å²) in [5.74, 6) is 0. The number of aromatic nitrogens is 1. The zero-order valence-electron chi connectivity index (χ0n) is 11.9. The number of thiophene rings is 1. The first-order valence-electron chi connectivity index (χ1n) is 7.42. The summed E-state index contributed by atoms with van der Waals surface area (Å²) < 4.78 is 2.39. The molecule has 1 aromatic carbocycles. The van der Waals surface area contributed by atoms with Gasteiger partial charge in [0.25, 0.3) is 0 Å². The van der Waals surface area contributed by atoms with Crippen LogP contribution in [-0.4, -0.2) is 17.7 Å². The summed E-state index contributed by atoms with van der Waals surface area (Å²) in [5.41, 5.74) is 4.22. The molecule has 1 N–H and O–H groups in total. The molecule has 0 atom stereocenters. The van der Waals surface area contributed by atoms with Gasteiger partial charge >= 0.3 is 0 Å². The highest BCUT2D eigenvalue weighted by molar-refractivity contribution is 7.09. The minimum atomic E-state index is 0.962. The summed E-state index contributed by atoms with van der Waals surface area (Å²) in [6.07, 6.45) is 5.79. The van der Waals surface area contributed by atoms with Gasteiger partial charge in [-0.05, 0) is 36.1 Å². The van der Waals surface area contributed by atoms with Crippen LogP contribution in [0.5, 0.6) is 0 Å². The van der Waals surface area contributed by atoms with Crippen molar-refractivity contribution >= 4 is 27.8 Å². The predicted octanol–water partition coefficient (Wildman–Crippen LogP) is 4.13. The second kappa shape index (κ2) is 5.51. The topological polar surface area (TPSA) is 17.0 Å². The third-order valence-electron chi connectivity index (χ3n) is 4.10. The van der Waals surface area contributed by atoms with Crippen molar-refractivity contribution in [2.24, 2.45) is 0 Å². The molecular weight excluding hydrogens is 276 g/mol. The summed E-state index contributed by atoms with van der Waals surface area (Å²) in [4.78, 5) is 1.40. The second-order valence-corrected chi connectivity index (χ2v) is 6.48. The van der Waals surface area contributed by atoms with Gasteiger partial charge < -0.3 is 9.88 Å². The molecule has 0 fully saturated rings. The summed E-state index contributed by atoms with van der Waals surface area (Å²) >= 11 is 1.83. The van der Waals surface area contributed by atoms with Crippen molar-refractivity contribution in [3.63, 3.8) is 0 Å². The lowest BCUT2D eigenvalue weighted by molar-refractivity contribution is 0.738. The van der Waals surface area contributed by atoms with Crippen LogP contribution in [0.4, 0.5) is 0 Å². The van der Waals surface area contributed by atoms with E-state index in [1.54, 1.807) is 0 Å². The maximum Gasteiger partial charge on any atom is 0.0569 e. The molecule has 106 valence electrons. The van der Waals surface area contributed by atoms with Gasteiger partial charge in [0.2, 0.25) is 0 Å². The molecule has 1 aliphatic rings. The molecule has 0 bridgehead atoms. The first-order chi connectivity index (χ1) is 10.4. The van der Waals surface area contributed by atoms with Gasteiger partial charge in [0.05, 0.1) is 6.54 Å². The molecule has 1 aliphatic heterocycles. The van der Waals surface area contributed by atoms with E-state index in [-0.39, 0.29) is 0 Å². The van der Waals surface area contributed by atoms with Gasteiger partial charge in [-0.1, -0.05) is 30.3 Å². The standard InChI is InChI=1S/C18H18N2S/c1-2-6-18-16(5-1)17(14-7-9-19-10-8-14)13-20(18)12-15-4-3-11-21-15/h1-7,11,13,19H,8-10,12H2. The fraction of sp³-hybridized carbons (Fsp3) is 0.222. The summed E-state index contributed by atoms with van der Waals surface area (Å²) in [7, 11) is 0. The average molecular weight is 294 g/mol. The summed E-state index contributed by atoms with van der Waals surface area (Å²) in [5, 5.41) is 6.92. The molecule has 4 rings (SSSR count). The first-order valence-corrected chi connectivity index (χ1v) is 8.30. The quantitative estimate of drug-likeness (QED) is 0.768. The number of nitrogens with zero attached hydrogens (tertiary/aromatic N) is 1. The molecule has 3 heteroatoms. The number of para-hydroxylation sites is 1. The number of nitrogens with one attached hydrogen (secondary N) is 1. The summed E-state index contributed by atoms with van der Waals surface area (Å²) in [6, 6.07) is 13.1. The minimum Gasteiger partial charge on any atom is -0.342 e. The van der Waals surface area contributed by atoms with Gasteiger partial charge in [-0.2, -0.15) is 0 Å². The Kier molecular flexibility index (Phi) is 3.37. The van der Waals surface area contributed by atoms with Crippen molar-refractivity contribution in [2.75, 3.05) is 13.1 Å². The van der Waals surface area contributed by atoms with Crippen LogP contribution in [0, 0.1) is 0 Å². The molecule has 0 radical (unpaired) electrons. The SMILES string of the molecule is C1=C(c2cn(Cc3cccs3)c3ccccc23)CCNC1. The lowest BCUT2D eigenvalue weighted by Crippen LogP contribution is -2.19. The molecule has 0 amide bonds. The zero-order valence-corrected chi connectivity index (χ0v) is 12.7. The van der Waals surface area contributed by atoms with Gasteiger partial charge in [0.15, 0.2) is 0 Å². The van der Waals surface area contributed by atoms with Crippen LogP contribution in [0.25, 0.3) is 16.5 Å². The van der Waals surface area contributed by atoms with Crippen molar-refractivity contribution in [2.45, 2.75) is 13.0 Å². The Morgan fingerprint density at radius 1 is 1.14 bits per heavy atom. The van der Waals surface area contributed by atoms with E-state index in [0.29, 0.717) is 0 Å². The molecular formula is C18H18N2S. The number of fused-ring (bicyclic) bond motifs is 1. The van der Waals surface area contributed by atoms with Crippen LogP contribution in [0.1, 0.15) is 16.9 Å². The van der Waals surface area contributed by atoms with E-state index >= 15 is 0 Å². The van der Waals surface area contributed by atoms with E-state index in [4.69, 9.17) is 0 Å². The Labute approximate surface area is 128 Å². The van der Waals surface area contributed by atoms with E-state index in [2.05, 4.69) is 63.9 Å². The number of benzene rings is 1. The molecule has 2 aromatic heterocycles. The minimum absolute atomic E-state index is 0.962. The van der Waals surface area contributed by atoms with Crippen molar-refractivity contribution in [3.05, 3.63) is 64.5 Å². The Balaban J connectivity index is 1.82. The molecule has 0 aliphatic carbocycles. The lowest BCUT2D eigenvalue weighted by Gasteiger charge is -2.13. The number of hydrogen-bond donors (Lipinski definition) is 1. The first kappa shape index (κ1) is 12.9. The highest BCUT2D eigenvalue weighted by Crippen LogP contribution is 2.30. The van der Waals surface area contributed by atoms with E-state index in [1.807, 2.05) is 11.3 Å². The molecule has 2 nitrogen and oxygen atoms in total. The molecule has 0 saturated carbocycles. The normalized spacial score (nSPS) is 15.3. The largest absolute Gasteiger partial charge is 0.342 e. The van der Waals surface area contributed by atoms with Crippen molar-refractivity contribution in [1.29, 1.82) is 0 Å². The Morgan fingerprint density at radius 2 is 2.10 bits per heavy atom. The third-order valence-corrected chi connectivity index (χ3v) is 4.97. The molecule has 0 unspecified atom stereocenters. The Hall–Kier alpha value is -1.84. The van der Waals surface area contributed by atoms with Gasteiger partial charge in [-0.3, -0.25) is 0 Å². The van der Waals surface area contributed by atoms with Gasteiger partial charge in [0, 0.05) is 34.1 Å². The molecule has 21 heavy (non-hydrogen) atoms. The molecule has 0 spiro atoms. The van der Waals surface area contributed by atoms with E-state index in [9.17, 15) is 0 Å². The fourth-order valence-corrected chi connectivity index (χ4v) is 3.77. The van der Waals surface area contributed by atoms with Crippen LogP contribution in [-0.2, 0) is 6.54 Å². The number of rotatable bonds is 3. The molecule has 3 heterocycles. The van der Waals surface area contributed by atoms with Gasteiger partial charge in [-0.15, -0.1) is 11.3 Å². The van der Waals surface area contributed by atoms with Crippen LogP contribution in [0.3, 0.4) is 0 Å². The molecule has 3 aromatic rings. The van der Waals surface area contributed by atoms with Gasteiger partial charge in [-0.25, -0.2) is 0 Å². The maximum atomic E-state index is 3.39.